The summed E-state index contributed by atoms with van der Waals surface area (Å²) in [5, 5.41) is 75.2. The fourth-order valence-corrected chi connectivity index (χ4v) is 10.5. The summed E-state index contributed by atoms with van der Waals surface area (Å²) in [6.07, 6.45) is -4.18. The van der Waals surface area contributed by atoms with E-state index in [1.54, 1.807) is 0 Å². The van der Waals surface area contributed by atoms with Crippen molar-refractivity contribution in [2.75, 3.05) is 6.54 Å². The minimum absolute atomic E-state index is 0.0279. The number of carboxylic acids is 2. The number of rotatable bonds is 10. The highest BCUT2D eigenvalue weighted by atomic mass is 16.7. The van der Waals surface area contributed by atoms with E-state index >= 15 is 0 Å². The lowest BCUT2D eigenvalue weighted by Gasteiger charge is -2.63. The monoisotopic (exact) mass is 655 g/mol. The summed E-state index contributed by atoms with van der Waals surface area (Å²) in [5.74, 6) is -1.93. The standard InChI is InChI=1S/C33H53NO12/c1-15(4-7-23(37)34-11-9-24(38)39)18-5-6-19-25-20(14-22(36)33(18,19)3)32(2)10-8-17(12-16(32)13-21(25)35)45-31-28(42)26(40)27(41)29(46-31)30(43)44/h15-22,25-29,31,35-36,40-42H,4-14H2,1-3H3,(H,34,37)(H,38,39)(H,43,44)/t15-,16+,17-,18-,19+,20+,21-,22+,25+,26?,27+,28-,29+,31-,32+,33-/m1/s1. The minimum Gasteiger partial charge on any atom is -0.481 e. The fourth-order valence-electron chi connectivity index (χ4n) is 10.5. The third-order valence-corrected chi connectivity index (χ3v) is 13.1. The molecule has 0 radical (unpaired) electrons. The molecule has 46 heavy (non-hydrogen) atoms. The van der Waals surface area contributed by atoms with Crippen molar-refractivity contribution < 1.29 is 59.6 Å². The highest BCUT2D eigenvalue weighted by Gasteiger charge is 2.66. The Hall–Kier alpha value is -1.87. The largest absolute Gasteiger partial charge is 0.481 e. The van der Waals surface area contributed by atoms with Gasteiger partial charge < -0.3 is 50.5 Å². The summed E-state index contributed by atoms with van der Waals surface area (Å²) in [5.41, 5.74) is -0.569. The van der Waals surface area contributed by atoms with Crippen LogP contribution in [0.5, 0.6) is 0 Å². The Labute approximate surface area is 269 Å². The van der Waals surface area contributed by atoms with Gasteiger partial charge in [-0.2, -0.15) is 0 Å². The van der Waals surface area contributed by atoms with Gasteiger partial charge in [-0.15, -0.1) is 0 Å². The molecule has 16 atom stereocenters. The van der Waals surface area contributed by atoms with E-state index in [1.807, 2.05) is 0 Å². The van der Waals surface area contributed by atoms with E-state index in [9.17, 15) is 45.0 Å². The number of hydrogen-bond donors (Lipinski definition) is 8. The molecule has 1 saturated heterocycles. The molecule has 0 aromatic heterocycles. The molecule has 0 spiro atoms. The normalized spacial score (nSPS) is 47.6. The number of aliphatic carboxylic acids is 2. The van der Waals surface area contributed by atoms with Crippen LogP contribution in [-0.4, -0.2) is 109 Å². The Morgan fingerprint density at radius 2 is 1.63 bits per heavy atom. The summed E-state index contributed by atoms with van der Waals surface area (Å²) in [7, 11) is 0. The molecule has 5 aliphatic rings. The third-order valence-electron chi connectivity index (χ3n) is 13.1. The third kappa shape index (κ3) is 6.33. The maximum Gasteiger partial charge on any atom is 0.335 e. The number of nitrogens with one attached hydrogen (secondary N) is 1. The number of carboxylic acid groups (broad SMARTS) is 2. The topological polar surface area (TPSA) is 223 Å². The Morgan fingerprint density at radius 1 is 0.913 bits per heavy atom. The van der Waals surface area contributed by atoms with E-state index < -0.39 is 66.4 Å². The van der Waals surface area contributed by atoms with Crippen LogP contribution in [0.4, 0.5) is 0 Å². The number of fused-ring (bicyclic) bond motifs is 5. The van der Waals surface area contributed by atoms with Gasteiger partial charge in [-0.3, -0.25) is 9.59 Å². The van der Waals surface area contributed by atoms with Gasteiger partial charge in [0.25, 0.3) is 0 Å². The molecule has 1 amide bonds. The Kier molecular flexibility index (Phi) is 10.4. The number of ether oxygens (including phenoxy) is 2. The average Bonchev–Trinajstić information content (AvgIpc) is 3.35. The molecular weight excluding hydrogens is 602 g/mol. The van der Waals surface area contributed by atoms with Crippen molar-refractivity contribution in [1.29, 1.82) is 0 Å². The molecule has 0 bridgehead atoms. The molecule has 13 nitrogen and oxygen atoms in total. The fraction of sp³-hybridized carbons (Fsp3) is 0.909. The zero-order valence-electron chi connectivity index (χ0n) is 27.0. The van der Waals surface area contributed by atoms with Gasteiger partial charge in [0.1, 0.15) is 18.3 Å². The highest BCUT2D eigenvalue weighted by molar-refractivity contribution is 5.76. The van der Waals surface area contributed by atoms with E-state index in [2.05, 4.69) is 26.1 Å². The van der Waals surface area contributed by atoms with E-state index in [-0.39, 0.29) is 59.8 Å². The van der Waals surface area contributed by atoms with Crippen LogP contribution in [0.25, 0.3) is 0 Å². The molecule has 4 aliphatic carbocycles. The first kappa shape index (κ1) is 35.4. The number of carbonyl (C=O) groups excluding carboxylic acids is 1. The van der Waals surface area contributed by atoms with Crippen LogP contribution in [0.15, 0.2) is 0 Å². The predicted molar refractivity (Wildman–Crippen MR) is 161 cm³/mol. The van der Waals surface area contributed by atoms with Crippen molar-refractivity contribution in [2.24, 2.45) is 46.3 Å². The molecule has 1 unspecified atom stereocenters. The van der Waals surface area contributed by atoms with Gasteiger partial charge in [-0.25, -0.2) is 4.79 Å². The van der Waals surface area contributed by atoms with Crippen LogP contribution in [0.2, 0.25) is 0 Å². The van der Waals surface area contributed by atoms with Gasteiger partial charge in [0.2, 0.25) is 5.91 Å². The predicted octanol–water partition coefficient (Wildman–Crippen LogP) is 0.872. The van der Waals surface area contributed by atoms with E-state index in [1.165, 1.54) is 0 Å². The van der Waals surface area contributed by atoms with Crippen LogP contribution < -0.4 is 5.32 Å². The number of amides is 1. The lowest BCUT2D eigenvalue weighted by atomic mass is 9.43. The van der Waals surface area contributed by atoms with Crippen molar-refractivity contribution in [2.45, 2.75) is 134 Å². The average molecular weight is 656 g/mol. The summed E-state index contributed by atoms with van der Waals surface area (Å²) < 4.78 is 11.4. The zero-order valence-corrected chi connectivity index (χ0v) is 27.0. The van der Waals surface area contributed by atoms with Gasteiger partial charge in [-0.05, 0) is 97.7 Å². The maximum absolute atomic E-state index is 12.3. The van der Waals surface area contributed by atoms with Crippen LogP contribution in [-0.2, 0) is 23.9 Å². The van der Waals surface area contributed by atoms with Crippen molar-refractivity contribution in [3.63, 3.8) is 0 Å². The van der Waals surface area contributed by atoms with E-state index in [0.29, 0.717) is 38.5 Å². The molecule has 1 heterocycles. The lowest BCUT2D eigenvalue weighted by molar-refractivity contribution is -0.310. The second-order valence-corrected chi connectivity index (χ2v) is 15.4. The van der Waals surface area contributed by atoms with E-state index in [4.69, 9.17) is 14.6 Å². The first-order valence-electron chi connectivity index (χ1n) is 17.0. The lowest BCUT2D eigenvalue weighted by Crippen LogP contribution is -2.63. The summed E-state index contributed by atoms with van der Waals surface area (Å²) >= 11 is 0. The molecule has 5 fully saturated rings. The Morgan fingerprint density at radius 3 is 2.30 bits per heavy atom. The van der Waals surface area contributed by atoms with Crippen LogP contribution >= 0.6 is 0 Å². The van der Waals surface area contributed by atoms with Gasteiger partial charge in [-0.1, -0.05) is 20.8 Å². The summed E-state index contributed by atoms with van der Waals surface area (Å²) in [6.45, 7) is 6.64. The molecule has 5 rings (SSSR count). The maximum atomic E-state index is 12.3. The van der Waals surface area contributed by atoms with Crippen molar-refractivity contribution >= 4 is 17.8 Å². The molecule has 0 aromatic carbocycles. The van der Waals surface area contributed by atoms with Crippen molar-refractivity contribution in [3.05, 3.63) is 0 Å². The first-order valence-corrected chi connectivity index (χ1v) is 17.0. The van der Waals surface area contributed by atoms with Crippen LogP contribution in [0, 0.1) is 46.3 Å². The molecule has 0 aromatic rings. The van der Waals surface area contributed by atoms with Crippen molar-refractivity contribution in [1.82, 2.24) is 5.32 Å². The van der Waals surface area contributed by atoms with E-state index in [0.717, 1.165) is 19.3 Å². The number of aliphatic hydroxyl groups is 5. The molecule has 8 N–H and O–H groups in total. The molecule has 13 heteroatoms. The number of carbonyl (C=O) groups is 3. The smallest absolute Gasteiger partial charge is 0.335 e. The zero-order chi connectivity index (χ0) is 33.7. The molecule has 4 saturated carbocycles. The van der Waals surface area contributed by atoms with Gasteiger partial charge >= 0.3 is 11.9 Å². The molecular formula is C33H53NO12. The number of hydrogen-bond acceptors (Lipinski definition) is 10. The highest BCUT2D eigenvalue weighted by Crippen LogP contribution is 2.68. The first-order chi connectivity index (χ1) is 21.6. The SMILES string of the molecule is C[C@H](CCC(=O)NCCC(=O)O)[C@H]1CC[C@H]2[C@@H]3[C@H](O)C[C@@H]4C[C@H](O[C@@H]5O[C@H](C(=O)O)[C@@H](O)C(O)[C@H]5O)CC[C@]4(C)[C@H]3C[C@H](O)[C@]12C. The van der Waals surface area contributed by atoms with Gasteiger partial charge in [0, 0.05) is 13.0 Å². The molecule has 1 aliphatic heterocycles. The Balaban J connectivity index is 1.23. The quantitative estimate of drug-likeness (QED) is 0.154. The van der Waals surface area contributed by atoms with Crippen LogP contribution in [0.1, 0.15) is 85.0 Å². The Bertz CT molecular complexity index is 1140. The van der Waals surface area contributed by atoms with Gasteiger partial charge in [0.05, 0.1) is 24.7 Å². The molecule has 262 valence electrons. The minimum atomic E-state index is -1.79. The van der Waals surface area contributed by atoms with Gasteiger partial charge in [0.15, 0.2) is 12.4 Å². The number of aliphatic hydroxyl groups excluding tert-OH is 5. The second-order valence-electron chi connectivity index (χ2n) is 15.4. The summed E-state index contributed by atoms with van der Waals surface area (Å²) in [4.78, 5) is 34.6. The second kappa shape index (κ2) is 13.6. The summed E-state index contributed by atoms with van der Waals surface area (Å²) in [6, 6.07) is 0. The van der Waals surface area contributed by atoms with Crippen LogP contribution in [0.3, 0.4) is 0 Å². The van der Waals surface area contributed by atoms with Crippen molar-refractivity contribution in [3.8, 4) is 0 Å².